The Hall–Kier alpha value is -2.50. The molecule has 1 N–H and O–H groups in total. The third kappa shape index (κ3) is 3.28. The Kier molecular flexibility index (Phi) is 3.93. The van der Waals surface area contributed by atoms with Gasteiger partial charge in [0.15, 0.2) is 6.29 Å². The molecule has 0 spiro atoms. The van der Waals surface area contributed by atoms with Gasteiger partial charge in [0.2, 0.25) is 5.91 Å². The minimum atomic E-state index is -0.677. The summed E-state index contributed by atoms with van der Waals surface area (Å²) >= 11 is 0. The quantitative estimate of drug-likeness (QED) is 0.841. The normalized spacial score (nSPS) is 11.1. The number of hydrogen-bond donors (Lipinski definition) is 1. The smallest absolute Gasteiger partial charge is 0.231 e. The molecule has 104 valence electrons. The van der Waals surface area contributed by atoms with Crippen LogP contribution in [-0.2, 0) is 11.3 Å². The molecule has 0 fully saturated rings. The van der Waals surface area contributed by atoms with E-state index in [2.05, 4.69) is 15.6 Å². The average molecular weight is 272 g/mol. The van der Waals surface area contributed by atoms with Crippen LogP contribution in [0.1, 0.15) is 24.3 Å². The largest absolute Gasteiger partial charge is 0.326 e. The average Bonchev–Trinajstić information content (AvgIpc) is 2.86. The van der Waals surface area contributed by atoms with Gasteiger partial charge in [-0.3, -0.25) is 14.3 Å². The monoisotopic (exact) mass is 272 g/mol. The molecule has 1 amide bonds. The van der Waals surface area contributed by atoms with Gasteiger partial charge in [-0.25, -0.2) is 0 Å². The topological polar surface area (TPSA) is 76.9 Å². The number of nitrogens with zero attached hydrogens (tertiary/aromatic N) is 3. The van der Waals surface area contributed by atoms with E-state index in [1.54, 1.807) is 0 Å². The van der Waals surface area contributed by atoms with Crippen LogP contribution < -0.4 is 5.32 Å². The first-order valence-electron chi connectivity index (χ1n) is 6.23. The van der Waals surface area contributed by atoms with Crippen molar-refractivity contribution >= 4 is 17.9 Å². The molecule has 0 saturated carbocycles. The molecule has 0 saturated heterocycles. The van der Waals surface area contributed by atoms with Gasteiger partial charge in [0.05, 0.1) is 18.2 Å². The van der Waals surface area contributed by atoms with Gasteiger partial charge in [-0.05, 0) is 26.0 Å². The number of carbonyl (C=O) groups is 2. The maximum atomic E-state index is 12.3. The van der Waals surface area contributed by atoms with Crippen molar-refractivity contribution in [2.45, 2.75) is 20.4 Å². The van der Waals surface area contributed by atoms with Crippen LogP contribution in [0, 0.1) is 5.41 Å². The van der Waals surface area contributed by atoms with E-state index in [0.29, 0.717) is 12.8 Å². The van der Waals surface area contributed by atoms with Gasteiger partial charge in [-0.15, -0.1) is 5.10 Å². The lowest BCUT2D eigenvalue weighted by Crippen LogP contribution is -2.34. The number of hydrogen-bond acceptors (Lipinski definition) is 4. The van der Waals surface area contributed by atoms with Crippen LogP contribution in [0.5, 0.6) is 0 Å². The van der Waals surface area contributed by atoms with Crippen molar-refractivity contribution in [1.29, 1.82) is 0 Å². The van der Waals surface area contributed by atoms with E-state index >= 15 is 0 Å². The van der Waals surface area contributed by atoms with Gasteiger partial charge in [0.25, 0.3) is 0 Å². The lowest BCUT2D eigenvalue weighted by molar-refractivity contribution is -0.124. The molecule has 0 aliphatic rings. The molecular weight excluding hydrogens is 256 g/mol. The van der Waals surface area contributed by atoms with Crippen LogP contribution in [0.25, 0.3) is 0 Å². The molecule has 0 radical (unpaired) electrons. The number of para-hydroxylation sites is 1. The number of aromatic nitrogens is 3. The van der Waals surface area contributed by atoms with Crippen LogP contribution in [0.3, 0.4) is 0 Å². The second-order valence-electron chi connectivity index (χ2n) is 5.16. The summed E-state index contributed by atoms with van der Waals surface area (Å²) in [6, 6.07) is 9.26. The second-order valence-corrected chi connectivity index (χ2v) is 5.16. The van der Waals surface area contributed by atoms with E-state index in [1.165, 1.54) is 10.9 Å². The molecule has 0 aliphatic heterocycles. The van der Waals surface area contributed by atoms with Crippen molar-refractivity contribution in [3.05, 3.63) is 42.2 Å². The molecule has 1 heterocycles. The molecule has 2 rings (SSSR count). The van der Waals surface area contributed by atoms with E-state index in [9.17, 15) is 9.59 Å². The Balaban J connectivity index is 2.05. The fraction of sp³-hybridized carbons (Fsp3) is 0.286. The molecule has 1 aromatic carbocycles. The third-order valence-electron chi connectivity index (χ3n) is 2.88. The van der Waals surface area contributed by atoms with Crippen molar-refractivity contribution in [2.75, 3.05) is 5.32 Å². The Bertz CT molecular complexity index is 605. The maximum absolute atomic E-state index is 12.3. The summed E-state index contributed by atoms with van der Waals surface area (Å²) in [5, 5.41) is 10.3. The molecule has 0 unspecified atom stereocenters. The maximum Gasteiger partial charge on any atom is 0.231 e. The Morgan fingerprint density at radius 3 is 2.65 bits per heavy atom. The van der Waals surface area contributed by atoms with Crippen LogP contribution >= 0.6 is 0 Å². The summed E-state index contributed by atoms with van der Waals surface area (Å²) in [6.45, 7) is 3.97. The van der Waals surface area contributed by atoms with Crippen LogP contribution in [0.15, 0.2) is 36.5 Å². The fourth-order valence-electron chi connectivity index (χ4n) is 1.74. The van der Waals surface area contributed by atoms with Gasteiger partial charge in [-0.1, -0.05) is 23.4 Å². The summed E-state index contributed by atoms with van der Waals surface area (Å²) in [5.41, 5.74) is 0.325. The van der Waals surface area contributed by atoms with E-state index in [0.717, 1.165) is 5.69 Å². The van der Waals surface area contributed by atoms with E-state index in [4.69, 9.17) is 0 Å². The highest BCUT2D eigenvalue weighted by atomic mass is 16.2. The predicted molar refractivity (Wildman–Crippen MR) is 74.3 cm³/mol. The van der Waals surface area contributed by atoms with E-state index < -0.39 is 5.41 Å². The standard InChI is InChI=1S/C14H16N4O2/c1-14(2,10-18-8-12(9-19)16-17-18)13(20)15-11-6-4-3-5-7-11/h3-9H,10H2,1-2H3,(H,15,20). The summed E-state index contributed by atoms with van der Waals surface area (Å²) in [7, 11) is 0. The van der Waals surface area contributed by atoms with Gasteiger partial charge in [0, 0.05) is 5.69 Å². The summed E-state index contributed by atoms with van der Waals surface area (Å²) < 4.78 is 1.49. The third-order valence-corrected chi connectivity index (χ3v) is 2.88. The fourth-order valence-corrected chi connectivity index (χ4v) is 1.74. The SMILES string of the molecule is CC(C)(Cn1cc(C=O)nn1)C(=O)Nc1ccccc1. The molecule has 6 nitrogen and oxygen atoms in total. The first kappa shape index (κ1) is 13.9. The van der Waals surface area contributed by atoms with Crippen molar-refractivity contribution in [2.24, 2.45) is 5.41 Å². The van der Waals surface area contributed by atoms with Gasteiger partial charge in [0.1, 0.15) is 5.69 Å². The van der Waals surface area contributed by atoms with Crippen LogP contribution in [0.2, 0.25) is 0 Å². The molecule has 20 heavy (non-hydrogen) atoms. The highest BCUT2D eigenvalue weighted by Gasteiger charge is 2.28. The highest BCUT2D eigenvalue weighted by Crippen LogP contribution is 2.20. The van der Waals surface area contributed by atoms with Crippen molar-refractivity contribution in [3.63, 3.8) is 0 Å². The number of rotatable bonds is 5. The Morgan fingerprint density at radius 2 is 2.05 bits per heavy atom. The zero-order valence-corrected chi connectivity index (χ0v) is 11.4. The number of amides is 1. The zero-order chi connectivity index (χ0) is 14.6. The molecular formula is C14H16N4O2. The first-order chi connectivity index (χ1) is 9.51. The van der Waals surface area contributed by atoms with E-state index in [1.807, 2.05) is 44.2 Å². The second kappa shape index (κ2) is 5.64. The molecule has 0 aliphatic carbocycles. The van der Waals surface area contributed by atoms with Crippen molar-refractivity contribution in [1.82, 2.24) is 15.0 Å². The molecule has 6 heteroatoms. The highest BCUT2D eigenvalue weighted by molar-refractivity contribution is 5.94. The minimum Gasteiger partial charge on any atom is -0.326 e. The molecule has 0 atom stereocenters. The Labute approximate surface area is 116 Å². The summed E-state index contributed by atoms with van der Waals surface area (Å²) in [6.07, 6.45) is 2.14. The molecule has 0 bridgehead atoms. The summed E-state index contributed by atoms with van der Waals surface area (Å²) in [5.74, 6) is -0.119. The number of aldehydes is 1. The minimum absolute atomic E-state index is 0.119. The zero-order valence-electron chi connectivity index (χ0n) is 11.4. The van der Waals surface area contributed by atoms with Crippen LogP contribution in [0.4, 0.5) is 5.69 Å². The van der Waals surface area contributed by atoms with Crippen LogP contribution in [-0.4, -0.2) is 27.2 Å². The first-order valence-corrected chi connectivity index (χ1v) is 6.23. The van der Waals surface area contributed by atoms with Crippen molar-refractivity contribution < 1.29 is 9.59 Å². The lowest BCUT2D eigenvalue weighted by Gasteiger charge is -2.23. The summed E-state index contributed by atoms with van der Waals surface area (Å²) in [4.78, 5) is 22.8. The number of anilines is 1. The van der Waals surface area contributed by atoms with Gasteiger partial charge < -0.3 is 5.32 Å². The van der Waals surface area contributed by atoms with Crippen molar-refractivity contribution in [3.8, 4) is 0 Å². The molecule has 2 aromatic rings. The predicted octanol–water partition coefficient (Wildman–Crippen LogP) is 1.76. The van der Waals surface area contributed by atoms with Gasteiger partial charge >= 0.3 is 0 Å². The lowest BCUT2D eigenvalue weighted by atomic mass is 9.92. The number of nitrogens with one attached hydrogen (secondary N) is 1. The Morgan fingerprint density at radius 1 is 1.35 bits per heavy atom. The van der Waals surface area contributed by atoms with Gasteiger partial charge in [-0.2, -0.15) is 0 Å². The van der Waals surface area contributed by atoms with E-state index in [-0.39, 0.29) is 11.6 Å². The number of carbonyl (C=O) groups excluding carboxylic acids is 2. The molecule has 1 aromatic heterocycles. The number of benzene rings is 1.